The van der Waals surface area contributed by atoms with Gasteiger partial charge in [0.2, 0.25) is 5.75 Å². The van der Waals surface area contributed by atoms with E-state index in [2.05, 4.69) is 0 Å². The first kappa shape index (κ1) is 17.5. The third kappa shape index (κ3) is 2.77. The maximum Gasteiger partial charge on any atom is 0.200 e. The molecular weight excluding hydrogens is 340 g/mol. The van der Waals surface area contributed by atoms with Crippen molar-refractivity contribution in [2.75, 3.05) is 28.4 Å². The average Bonchev–Trinajstić information content (AvgIpc) is 2.66. The maximum atomic E-state index is 12.7. The van der Waals surface area contributed by atoms with E-state index in [9.17, 15) is 9.90 Å². The van der Waals surface area contributed by atoms with E-state index in [1.165, 1.54) is 34.5 Å². The minimum absolute atomic E-state index is 0.131. The highest BCUT2D eigenvalue weighted by Crippen LogP contribution is 2.41. The summed E-state index contributed by atoms with van der Waals surface area (Å²) in [5, 5.41) is 10.3. The zero-order valence-corrected chi connectivity index (χ0v) is 14.8. The fourth-order valence-electron chi connectivity index (χ4n) is 2.74. The van der Waals surface area contributed by atoms with Crippen molar-refractivity contribution < 1.29 is 28.5 Å². The number of hydrogen-bond donors (Lipinski definition) is 1. The lowest BCUT2D eigenvalue weighted by atomic mass is 10.1. The topological polar surface area (TPSA) is 87.4 Å². The molecule has 0 bridgehead atoms. The second-order valence-electron chi connectivity index (χ2n) is 5.38. The highest BCUT2D eigenvalue weighted by atomic mass is 16.5. The number of phenolic OH excluding ortho intramolecular Hbond substituents is 1. The van der Waals surface area contributed by atoms with Gasteiger partial charge in [-0.3, -0.25) is 4.79 Å². The van der Waals surface area contributed by atoms with E-state index in [-0.39, 0.29) is 28.1 Å². The molecule has 3 aromatic rings. The number of benzene rings is 2. The number of fused-ring (bicyclic) bond motifs is 1. The van der Waals surface area contributed by atoms with Gasteiger partial charge in [-0.25, -0.2) is 0 Å². The molecule has 0 saturated carbocycles. The molecule has 0 amide bonds. The van der Waals surface area contributed by atoms with E-state index >= 15 is 0 Å². The first-order valence-corrected chi connectivity index (χ1v) is 7.68. The molecule has 0 radical (unpaired) electrons. The zero-order chi connectivity index (χ0) is 18.8. The number of ether oxygens (including phenoxy) is 4. The standard InChI is InChI=1S/C19H18O7/c1-22-13-6-5-12-17(19(13)25-4)11(20)9-14(26-12)10-7-15(23-2)18(21)16(8-10)24-3/h5-9,21H,1-4H3. The average molecular weight is 358 g/mol. The second kappa shape index (κ2) is 6.87. The van der Waals surface area contributed by atoms with E-state index in [4.69, 9.17) is 23.4 Å². The Bertz CT molecular complexity index is 995. The van der Waals surface area contributed by atoms with Crippen molar-refractivity contribution in [3.63, 3.8) is 0 Å². The van der Waals surface area contributed by atoms with Gasteiger partial charge in [0.05, 0.1) is 28.4 Å². The van der Waals surface area contributed by atoms with Crippen LogP contribution in [0.5, 0.6) is 28.7 Å². The summed E-state index contributed by atoms with van der Waals surface area (Å²) in [5.41, 5.74) is 0.574. The number of methoxy groups -OCH3 is 4. The highest BCUT2D eigenvalue weighted by molar-refractivity contribution is 5.87. The Morgan fingerprint density at radius 1 is 0.846 bits per heavy atom. The molecule has 1 heterocycles. The summed E-state index contributed by atoms with van der Waals surface area (Å²) in [4.78, 5) is 12.7. The maximum absolute atomic E-state index is 12.7. The summed E-state index contributed by atoms with van der Waals surface area (Å²) in [7, 11) is 5.80. The van der Waals surface area contributed by atoms with Gasteiger partial charge >= 0.3 is 0 Å². The molecule has 1 aromatic heterocycles. The molecule has 0 atom stereocenters. The Kier molecular flexibility index (Phi) is 4.62. The quantitative estimate of drug-likeness (QED) is 0.749. The van der Waals surface area contributed by atoms with Gasteiger partial charge < -0.3 is 28.5 Å². The van der Waals surface area contributed by atoms with Crippen molar-refractivity contribution >= 4 is 11.0 Å². The number of phenols is 1. The van der Waals surface area contributed by atoms with Gasteiger partial charge in [-0.1, -0.05) is 0 Å². The molecule has 1 N–H and O–H groups in total. The summed E-state index contributed by atoms with van der Waals surface area (Å²) in [6.07, 6.45) is 0. The van der Waals surface area contributed by atoms with Crippen LogP contribution in [0.1, 0.15) is 0 Å². The Morgan fingerprint density at radius 2 is 1.46 bits per heavy atom. The van der Waals surface area contributed by atoms with Gasteiger partial charge in [0.15, 0.2) is 28.4 Å². The van der Waals surface area contributed by atoms with Crippen LogP contribution in [0.4, 0.5) is 0 Å². The minimum atomic E-state index is -0.289. The van der Waals surface area contributed by atoms with Crippen LogP contribution in [0.25, 0.3) is 22.3 Å². The lowest BCUT2D eigenvalue weighted by Crippen LogP contribution is -2.04. The van der Waals surface area contributed by atoms with Crippen molar-refractivity contribution in [2.24, 2.45) is 0 Å². The Morgan fingerprint density at radius 3 is 2.00 bits per heavy atom. The summed E-state index contributed by atoms with van der Waals surface area (Å²) < 4.78 is 26.7. The van der Waals surface area contributed by atoms with Crippen LogP contribution in [0.15, 0.2) is 39.5 Å². The molecule has 0 aliphatic carbocycles. The van der Waals surface area contributed by atoms with Crippen molar-refractivity contribution in [1.82, 2.24) is 0 Å². The van der Waals surface area contributed by atoms with Crippen molar-refractivity contribution in [2.45, 2.75) is 0 Å². The van der Waals surface area contributed by atoms with Gasteiger partial charge in [0.1, 0.15) is 16.7 Å². The molecular formula is C19H18O7. The summed E-state index contributed by atoms with van der Waals surface area (Å²) in [5.74, 6) is 1.32. The van der Waals surface area contributed by atoms with Crippen LogP contribution >= 0.6 is 0 Å². The SMILES string of the molecule is COc1cc(-c2cc(=O)c3c(OC)c(OC)ccc3o2)cc(OC)c1O. The van der Waals surface area contributed by atoms with E-state index < -0.39 is 0 Å². The number of hydrogen-bond acceptors (Lipinski definition) is 7. The molecule has 7 nitrogen and oxygen atoms in total. The highest BCUT2D eigenvalue weighted by Gasteiger charge is 2.18. The molecule has 136 valence electrons. The van der Waals surface area contributed by atoms with Gasteiger partial charge in [-0.15, -0.1) is 0 Å². The van der Waals surface area contributed by atoms with Crippen molar-refractivity contribution in [3.05, 3.63) is 40.6 Å². The van der Waals surface area contributed by atoms with Crippen molar-refractivity contribution in [3.8, 4) is 40.1 Å². The molecule has 0 aliphatic heterocycles. The van der Waals surface area contributed by atoms with E-state index in [1.807, 2.05) is 0 Å². The Labute approximate surface area is 149 Å². The fourth-order valence-corrected chi connectivity index (χ4v) is 2.74. The van der Waals surface area contributed by atoms with Crippen LogP contribution in [-0.2, 0) is 0 Å². The van der Waals surface area contributed by atoms with Gasteiger partial charge in [0.25, 0.3) is 0 Å². The van der Waals surface area contributed by atoms with E-state index in [1.54, 1.807) is 24.3 Å². The van der Waals surface area contributed by atoms with Crippen LogP contribution < -0.4 is 24.4 Å². The third-order valence-electron chi connectivity index (χ3n) is 4.00. The molecule has 0 fully saturated rings. The van der Waals surface area contributed by atoms with Gasteiger partial charge in [0, 0.05) is 11.6 Å². The predicted molar refractivity (Wildman–Crippen MR) is 95.8 cm³/mol. The summed E-state index contributed by atoms with van der Waals surface area (Å²) >= 11 is 0. The van der Waals surface area contributed by atoms with Gasteiger partial charge in [-0.05, 0) is 24.3 Å². The Hall–Kier alpha value is -3.35. The fraction of sp³-hybridized carbons (Fsp3) is 0.211. The largest absolute Gasteiger partial charge is 0.502 e. The molecule has 2 aromatic carbocycles. The van der Waals surface area contributed by atoms with Crippen LogP contribution in [0.2, 0.25) is 0 Å². The molecule has 0 aliphatic rings. The van der Waals surface area contributed by atoms with E-state index in [0.717, 1.165) is 0 Å². The molecule has 26 heavy (non-hydrogen) atoms. The summed E-state index contributed by atoms with van der Waals surface area (Å²) in [6, 6.07) is 7.75. The molecule has 0 saturated heterocycles. The van der Waals surface area contributed by atoms with Crippen LogP contribution in [-0.4, -0.2) is 33.5 Å². The first-order chi connectivity index (χ1) is 12.5. The zero-order valence-electron chi connectivity index (χ0n) is 14.8. The van der Waals surface area contributed by atoms with Crippen molar-refractivity contribution in [1.29, 1.82) is 0 Å². The molecule has 0 unspecified atom stereocenters. The van der Waals surface area contributed by atoms with Crippen LogP contribution in [0.3, 0.4) is 0 Å². The monoisotopic (exact) mass is 358 g/mol. The first-order valence-electron chi connectivity index (χ1n) is 7.68. The van der Waals surface area contributed by atoms with E-state index in [0.29, 0.717) is 28.4 Å². The Balaban J connectivity index is 2.27. The van der Waals surface area contributed by atoms with Gasteiger partial charge in [-0.2, -0.15) is 0 Å². The third-order valence-corrected chi connectivity index (χ3v) is 4.00. The normalized spacial score (nSPS) is 10.6. The lowest BCUT2D eigenvalue weighted by Gasteiger charge is -2.12. The number of aromatic hydroxyl groups is 1. The molecule has 0 spiro atoms. The predicted octanol–water partition coefficient (Wildman–Crippen LogP) is 3.20. The van der Waals surface area contributed by atoms with Crippen LogP contribution in [0, 0.1) is 0 Å². The summed E-state index contributed by atoms with van der Waals surface area (Å²) in [6.45, 7) is 0. The minimum Gasteiger partial charge on any atom is -0.502 e. The second-order valence-corrected chi connectivity index (χ2v) is 5.38. The number of rotatable bonds is 5. The lowest BCUT2D eigenvalue weighted by molar-refractivity contribution is 0.340. The molecule has 7 heteroatoms. The molecule has 3 rings (SSSR count). The smallest absolute Gasteiger partial charge is 0.200 e.